The molecule has 0 atom stereocenters. The van der Waals surface area contributed by atoms with E-state index in [4.69, 9.17) is 0 Å². The molecule has 0 fully saturated rings. The predicted octanol–water partition coefficient (Wildman–Crippen LogP) is 5.39. The molecule has 0 spiro atoms. The molecule has 0 saturated carbocycles. The second kappa shape index (κ2) is 7.13. The molecule has 0 bridgehead atoms. The lowest BCUT2D eigenvalue weighted by atomic mass is 10.1. The Balaban J connectivity index is 1.58. The molecule has 6 heteroatoms. The van der Waals surface area contributed by atoms with E-state index in [1.54, 1.807) is 12.1 Å². The number of nitrogens with one attached hydrogen (secondary N) is 2. The number of hydrogen-bond donors (Lipinski definition) is 2. The van der Waals surface area contributed by atoms with Crippen LogP contribution in [0.2, 0.25) is 0 Å². The summed E-state index contributed by atoms with van der Waals surface area (Å²) in [4.78, 5) is 10.5. The molecule has 4 rings (SSSR count). The van der Waals surface area contributed by atoms with Crippen LogP contribution >= 0.6 is 0 Å². The topological polar surface area (TPSA) is 83.8 Å². The van der Waals surface area contributed by atoms with Crippen molar-refractivity contribution in [2.24, 2.45) is 0 Å². The van der Waals surface area contributed by atoms with Crippen LogP contribution in [-0.2, 0) is 0 Å². The maximum absolute atomic E-state index is 10.9. The summed E-state index contributed by atoms with van der Waals surface area (Å²) in [5.41, 5.74) is 4.39. The van der Waals surface area contributed by atoms with Gasteiger partial charge in [-0.15, -0.1) is 0 Å². The number of H-pyrrole nitrogens is 1. The summed E-state index contributed by atoms with van der Waals surface area (Å²) in [5, 5.41) is 22.5. The van der Waals surface area contributed by atoms with Crippen molar-refractivity contribution in [1.29, 1.82) is 0 Å². The van der Waals surface area contributed by atoms with Crippen molar-refractivity contribution < 1.29 is 4.92 Å². The van der Waals surface area contributed by atoms with Crippen LogP contribution in [-0.4, -0.2) is 15.1 Å². The number of aromatic amines is 1. The van der Waals surface area contributed by atoms with E-state index in [1.807, 2.05) is 60.7 Å². The zero-order chi connectivity index (χ0) is 18.6. The van der Waals surface area contributed by atoms with Crippen molar-refractivity contribution in [3.8, 4) is 0 Å². The van der Waals surface area contributed by atoms with Gasteiger partial charge in [0.15, 0.2) is 0 Å². The number of rotatable bonds is 5. The molecule has 3 aromatic carbocycles. The molecule has 0 saturated heterocycles. The number of anilines is 2. The Morgan fingerprint density at radius 1 is 0.926 bits per heavy atom. The van der Waals surface area contributed by atoms with E-state index in [0.717, 1.165) is 27.8 Å². The molecule has 132 valence electrons. The Bertz CT molecular complexity index is 1130. The highest BCUT2D eigenvalue weighted by Crippen LogP contribution is 2.25. The molecule has 27 heavy (non-hydrogen) atoms. The first kappa shape index (κ1) is 16.5. The van der Waals surface area contributed by atoms with Crippen LogP contribution < -0.4 is 5.32 Å². The molecule has 0 aliphatic carbocycles. The van der Waals surface area contributed by atoms with Gasteiger partial charge in [-0.3, -0.25) is 15.2 Å². The first-order chi connectivity index (χ1) is 13.2. The molecule has 6 nitrogen and oxygen atoms in total. The van der Waals surface area contributed by atoms with Gasteiger partial charge in [-0.1, -0.05) is 42.5 Å². The first-order valence-electron chi connectivity index (χ1n) is 8.42. The summed E-state index contributed by atoms with van der Waals surface area (Å²) in [6, 6.07) is 22.3. The zero-order valence-electron chi connectivity index (χ0n) is 14.3. The van der Waals surface area contributed by atoms with Gasteiger partial charge < -0.3 is 5.32 Å². The van der Waals surface area contributed by atoms with E-state index < -0.39 is 4.92 Å². The van der Waals surface area contributed by atoms with Gasteiger partial charge in [0.1, 0.15) is 0 Å². The van der Waals surface area contributed by atoms with Crippen LogP contribution in [0.1, 0.15) is 11.3 Å². The van der Waals surface area contributed by atoms with E-state index in [0.29, 0.717) is 5.69 Å². The quantitative estimate of drug-likeness (QED) is 0.371. The van der Waals surface area contributed by atoms with Crippen molar-refractivity contribution in [3.63, 3.8) is 0 Å². The second-order valence-electron chi connectivity index (χ2n) is 6.05. The average Bonchev–Trinajstić information content (AvgIpc) is 3.09. The molecule has 1 heterocycles. The standard InChI is InChI=1S/C21H16N4O2/c26-25(27)18-8-4-7-16(13-18)22-17-10-11-19-20(23-24-21(19)14-17)12-9-15-5-2-1-3-6-15/h1-14,22H,(H,23,24)/b12-9+. The summed E-state index contributed by atoms with van der Waals surface area (Å²) < 4.78 is 0. The van der Waals surface area contributed by atoms with Crippen LogP contribution in [0, 0.1) is 10.1 Å². The lowest BCUT2D eigenvalue weighted by Gasteiger charge is -2.06. The minimum Gasteiger partial charge on any atom is -0.355 e. The number of nitrogens with zero attached hydrogens (tertiary/aromatic N) is 2. The van der Waals surface area contributed by atoms with Crippen LogP contribution in [0.3, 0.4) is 0 Å². The summed E-state index contributed by atoms with van der Waals surface area (Å²) in [6.45, 7) is 0. The Labute approximate surface area is 155 Å². The number of nitro benzene ring substituents is 1. The Hall–Kier alpha value is -3.93. The molecule has 1 aromatic heterocycles. The van der Waals surface area contributed by atoms with E-state index in [-0.39, 0.29) is 5.69 Å². The van der Waals surface area contributed by atoms with Crippen LogP contribution in [0.15, 0.2) is 72.8 Å². The van der Waals surface area contributed by atoms with Crippen molar-refractivity contribution in [3.05, 3.63) is 94.2 Å². The fourth-order valence-corrected chi connectivity index (χ4v) is 2.85. The zero-order valence-corrected chi connectivity index (χ0v) is 14.3. The van der Waals surface area contributed by atoms with E-state index in [1.165, 1.54) is 12.1 Å². The summed E-state index contributed by atoms with van der Waals surface area (Å²) in [6.07, 6.45) is 3.99. The van der Waals surface area contributed by atoms with Gasteiger partial charge in [0, 0.05) is 28.9 Å². The lowest BCUT2D eigenvalue weighted by molar-refractivity contribution is -0.384. The summed E-state index contributed by atoms with van der Waals surface area (Å²) in [5.74, 6) is 0. The minimum atomic E-state index is -0.408. The second-order valence-corrected chi connectivity index (χ2v) is 6.05. The Morgan fingerprint density at radius 3 is 2.56 bits per heavy atom. The molecular weight excluding hydrogens is 340 g/mol. The number of benzene rings is 3. The van der Waals surface area contributed by atoms with Gasteiger partial charge in [-0.2, -0.15) is 5.10 Å². The number of nitro groups is 1. The largest absolute Gasteiger partial charge is 0.355 e. The first-order valence-corrected chi connectivity index (χ1v) is 8.42. The summed E-state index contributed by atoms with van der Waals surface area (Å²) in [7, 11) is 0. The number of non-ortho nitro benzene ring substituents is 1. The predicted molar refractivity (Wildman–Crippen MR) is 108 cm³/mol. The minimum absolute atomic E-state index is 0.0518. The molecule has 0 unspecified atom stereocenters. The number of hydrogen-bond acceptors (Lipinski definition) is 4. The van der Waals surface area contributed by atoms with E-state index in [9.17, 15) is 10.1 Å². The van der Waals surface area contributed by atoms with Crippen LogP contribution in [0.5, 0.6) is 0 Å². The normalized spacial score (nSPS) is 11.1. The average molecular weight is 356 g/mol. The Kier molecular flexibility index (Phi) is 4.37. The van der Waals surface area contributed by atoms with E-state index >= 15 is 0 Å². The summed E-state index contributed by atoms with van der Waals surface area (Å²) >= 11 is 0. The van der Waals surface area contributed by atoms with Gasteiger partial charge in [0.2, 0.25) is 0 Å². The Morgan fingerprint density at radius 2 is 1.74 bits per heavy atom. The third-order valence-corrected chi connectivity index (χ3v) is 4.17. The fourth-order valence-electron chi connectivity index (χ4n) is 2.85. The molecule has 0 radical (unpaired) electrons. The van der Waals surface area contributed by atoms with Gasteiger partial charge >= 0.3 is 0 Å². The third kappa shape index (κ3) is 3.69. The van der Waals surface area contributed by atoms with Gasteiger partial charge in [-0.05, 0) is 35.9 Å². The van der Waals surface area contributed by atoms with E-state index in [2.05, 4.69) is 15.5 Å². The van der Waals surface area contributed by atoms with Crippen molar-refractivity contribution in [2.75, 3.05) is 5.32 Å². The highest BCUT2D eigenvalue weighted by molar-refractivity contribution is 5.91. The smallest absolute Gasteiger partial charge is 0.271 e. The third-order valence-electron chi connectivity index (χ3n) is 4.17. The molecule has 4 aromatic rings. The highest BCUT2D eigenvalue weighted by atomic mass is 16.6. The number of aromatic nitrogens is 2. The molecule has 0 aliphatic heterocycles. The monoisotopic (exact) mass is 356 g/mol. The van der Waals surface area contributed by atoms with Gasteiger partial charge in [-0.25, -0.2) is 0 Å². The van der Waals surface area contributed by atoms with Gasteiger partial charge in [0.05, 0.1) is 16.1 Å². The molecule has 0 amide bonds. The van der Waals surface area contributed by atoms with Crippen molar-refractivity contribution in [2.45, 2.75) is 0 Å². The highest BCUT2D eigenvalue weighted by Gasteiger charge is 2.07. The van der Waals surface area contributed by atoms with Crippen LogP contribution in [0.4, 0.5) is 17.1 Å². The van der Waals surface area contributed by atoms with Crippen molar-refractivity contribution >= 4 is 40.1 Å². The number of fused-ring (bicyclic) bond motifs is 1. The van der Waals surface area contributed by atoms with Crippen LogP contribution in [0.25, 0.3) is 23.1 Å². The maximum atomic E-state index is 10.9. The maximum Gasteiger partial charge on any atom is 0.271 e. The van der Waals surface area contributed by atoms with Gasteiger partial charge in [0.25, 0.3) is 5.69 Å². The molecular formula is C21H16N4O2. The molecule has 0 aliphatic rings. The van der Waals surface area contributed by atoms with Crippen molar-refractivity contribution in [1.82, 2.24) is 10.2 Å². The lowest BCUT2D eigenvalue weighted by Crippen LogP contribution is -1.92. The SMILES string of the molecule is O=[N+]([O-])c1cccc(Nc2ccc3c(/C=C/c4ccccc4)n[nH]c3c2)c1. The molecule has 2 N–H and O–H groups in total. The fraction of sp³-hybridized carbons (Fsp3) is 0.